The average Bonchev–Trinajstić information content (AvgIpc) is 2.64. The van der Waals surface area contributed by atoms with Crippen molar-refractivity contribution in [3.8, 4) is 5.75 Å². The lowest BCUT2D eigenvalue weighted by atomic mass is 9.31. The minimum Gasteiger partial charge on any atom is -0.495 e. The fourth-order valence-corrected chi connectivity index (χ4v) is 4.99. The first-order valence-electron chi connectivity index (χ1n) is 10.1. The van der Waals surface area contributed by atoms with E-state index in [4.69, 9.17) is 16.3 Å². The molecular formula is C21H24B2ClFN2O2. The highest BCUT2D eigenvalue weighted by Crippen LogP contribution is 2.54. The topological polar surface area (TPSA) is 50.4 Å². The Labute approximate surface area is 177 Å². The number of methoxy groups -OCH3 is 1. The van der Waals surface area contributed by atoms with Gasteiger partial charge in [0, 0.05) is 10.8 Å². The molecule has 3 aliphatic rings. The fraction of sp³-hybridized carbons (Fsp3) is 0.381. The van der Waals surface area contributed by atoms with Crippen LogP contribution < -0.4 is 15.3 Å². The van der Waals surface area contributed by atoms with Crippen molar-refractivity contribution in [3.05, 3.63) is 58.4 Å². The second-order valence-corrected chi connectivity index (χ2v) is 8.67. The molecule has 4 nitrogen and oxygen atoms in total. The second kappa shape index (κ2) is 8.41. The highest BCUT2D eigenvalue weighted by Gasteiger charge is 2.46. The van der Waals surface area contributed by atoms with Gasteiger partial charge in [0.25, 0.3) is 0 Å². The van der Waals surface area contributed by atoms with Crippen molar-refractivity contribution in [1.29, 1.82) is 0 Å². The first-order chi connectivity index (χ1) is 14.0. The molecule has 0 radical (unpaired) electrons. The molecule has 0 saturated carbocycles. The SMILES string of the molecule is COc1cc(C)ccc1NC(=O)[C@@H]1BNC[C@H]2BC(C1)[C@H]2c1ccc(Cl)cc1F. The lowest BCUT2D eigenvalue weighted by molar-refractivity contribution is -0.116. The third-order valence-corrected chi connectivity index (χ3v) is 6.55. The Morgan fingerprint density at radius 2 is 2.10 bits per heavy atom. The van der Waals surface area contributed by atoms with Gasteiger partial charge >= 0.3 is 0 Å². The van der Waals surface area contributed by atoms with Crippen molar-refractivity contribution >= 4 is 37.9 Å². The van der Waals surface area contributed by atoms with Gasteiger partial charge in [0.15, 0.2) is 0 Å². The largest absolute Gasteiger partial charge is 0.495 e. The molecule has 2 aromatic rings. The first-order valence-corrected chi connectivity index (χ1v) is 10.4. The Bertz CT molecular complexity index is 928. The van der Waals surface area contributed by atoms with Crippen LogP contribution in [0.5, 0.6) is 5.75 Å². The number of aryl methyl sites for hydroxylation is 1. The maximum Gasteiger partial charge on any atom is 0.221 e. The smallest absolute Gasteiger partial charge is 0.221 e. The monoisotopic (exact) mass is 412 g/mol. The van der Waals surface area contributed by atoms with Crippen LogP contribution in [0.25, 0.3) is 0 Å². The quantitative estimate of drug-likeness (QED) is 0.754. The van der Waals surface area contributed by atoms with Crippen LogP contribution in [0.3, 0.4) is 0 Å². The molecule has 0 aromatic heterocycles. The van der Waals surface area contributed by atoms with Gasteiger partial charge < -0.3 is 15.3 Å². The van der Waals surface area contributed by atoms with Gasteiger partial charge in [-0.25, -0.2) is 4.39 Å². The molecule has 0 aliphatic carbocycles. The molecule has 1 amide bonds. The third kappa shape index (κ3) is 4.17. The zero-order valence-corrected chi connectivity index (χ0v) is 17.4. The van der Waals surface area contributed by atoms with E-state index >= 15 is 0 Å². The number of fused-ring (bicyclic) bond motifs is 4. The summed E-state index contributed by atoms with van der Waals surface area (Å²) in [5.74, 6) is 1.03. The summed E-state index contributed by atoms with van der Waals surface area (Å²) in [6, 6.07) is 10.7. The number of rotatable bonds is 4. The number of amides is 1. The van der Waals surface area contributed by atoms with Crippen LogP contribution in [-0.4, -0.2) is 34.3 Å². The van der Waals surface area contributed by atoms with Crippen LogP contribution >= 0.6 is 11.6 Å². The molecule has 5 rings (SSSR count). The molecule has 4 atom stereocenters. The molecule has 3 fully saturated rings. The van der Waals surface area contributed by atoms with Gasteiger partial charge in [0.1, 0.15) is 18.8 Å². The van der Waals surface area contributed by atoms with E-state index in [9.17, 15) is 9.18 Å². The maximum absolute atomic E-state index is 14.5. The van der Waals surface area contributed by atoms with Crippen molar-refractivity contribution in [2.24, 2.45) is 0 Å². The summed E-state index contributed by atoms with van der Waals surface area (Å²) < 4.78 is 19.9. The third-order valence-electron chi connectivity index (χ3n) is 6.31. The predicted molar refractivity (Wildman–Crippen MR) is 119 cm³/mol. The van der Waals surface area contributed by atoms with E-state index in [0.717, 1.165) is 31.4 Å². The Kier molecular flexibility index (Phi) is 5.88. The van der Waals surface area contributed by atoms with E-state index in [-0.39, 0.29) is 23.5 Å². The molecule has 2 bridgehead atoms. The van der Waals surface area contributed by atoms with Gasteiger partial charge in [-0.2, -0.15) is 0 Å². The standard InChI is InChI=1S/C21H24B2ClFN2O2/c1-11-3-6-18(19(7-11)29-2)27-21(28)15-9-14-20(16(22-14)10-26-23-15)13-5-4-12(24)8-17(13)25/h3-8,14-16,20,22-23,26H,9-10H2,1-2H3,(H,27,28)/t14?,15-,16-,20-/m1/s1. The maximum atomic E-state index is 14.5. The summed E-state index contributed by atoms with van der Waals surface area (Å²) in [7, 11) is 3.24. The number of anilines is 1. The van der Waals surface area contributed by atoms with Crippen molar-refractivity contribution < 1.29 is 13.9 Å². The highest BCUT2D eigenvalue weighted by atomic mass is 35.5. The Morgan fingerprint density at radius 3 is 2.86 bits per heavy atom. The Balaban J connectivity index is 1.49. The van der Waals surface area contributed by atoms with E-state index in [0.29, 0.717) is 35.5 Å². The summed E-state index contributed by atoms with van der Waals surface area (Å²) in [5, 5.41) is 6.85. The van der Waals surface area contributed by atoms with Crippen molar-refractivity contribution in [3.63, 3.8) is 0 Å². The molecule has 2 N–H and O–H groups in total. The molecule has 3 aliphatic heterocycles. The van der Waals surface area contributed by atoms with E-state index in [1.54, 1.807) is 19.2 Å². The second-order valence-electron chi connectivity index (χ2n) is 8.23. The van der Waals surface area contributed by atoms with E-state index in [1.807, 2.05) is 25.1 Å². The minimum absolute atomic E-state index is 0.0275. The number of carbonyl (C=O) groups excluding carboxylic acids is 1. The van der Waals surface area contributed by atoms with Gasteiger partial charge in [0.05, 0.1) is 12.8 Å². The highest BCUT2D eigenvalue weighted by molar-refractivity contribution is 6.48. The Hall–Kier alpha value is -1.98. The fourth-order valence-electron chi connectivity index (χ4n) is 4.83. The van der Waals surface area contributed by atoms with Crippen LogP contribution in [0.1, 0.15) is 23.5 Å². The van der Waals surface area contributed by atoms with Gasteiger partial charge in [-0.3, -0.25) is 4.79 Å². The van der Waals surface area contributed by atoms with Crippen molar-refractivity contribution in [1.82, 2.24) is 5.23 Å². The number of ether oxygens (including phenoxy) is 1. The minimum atomic E-state index is -0.247. The van der Waals surface area contributed by atoms with E-state index in [1.165, 1.54) is 6.07 Å². The molecule has 29 heavy (non-hydrogen) atoms. The normalized spacial score (nSPS) is 25.5. The van der Waals surface area contributed by atoms with Crippen LogP contribution in [0.2, 0.25) is 22.5 Å². The predicted octanol–water partition coefficient (Wildman–Crippen LogP) is 3.68. The molecule has 3 saturated heterocycles. The molecule has 2 aromatic carbocycles. The summed E-state index contributed by atoms with van der Waals surface area (Å²) in [5.41, 5.74) is 2.47. The van der Waals surface area contributed by atoms with Crippen LogP contribution in [0.4, 0.5) is 10.1 Å². The van der Waals surface area contributed by atoms with Crippen LogP contribution in [0, 0.1) is 12.7 Å². The number of hydrogen-bond donors (Lipinski definition) is 2. The zero-order valence-electron chi connectivity index (χ0n) is 16.7. The summed E-state index contributed by atoms with van der Waals surface area (Å²) in [4.78, 5) is 13.0. The zero-order chi connectivity index (χ0) is 20.5. The lowest BCUT2D eigenvalue weighted by Gasteiger charge is -2.48. The summed E-state index contributed by atoms with van der Waals surface area (Å²) >= 11 is 5.92. The Morgan fingerprint density at radius 1 is 1.28 bits per heavy atom. The van der Waals surface area contributed by atoms with Crippen molar-refractivity contribution in [2.75, 3.05) is 19.0 Å². The molecular weight excluding hydrogens is 388 g/mol. The molecule has 150 valence electrons. The molecule has 3 heterocycles. The number of halogens is 2. The van der Waals surface area contributed by atoms with Crippen LogP contribution in [0.15, 0.2) is 36.4 Å². The van der Waals surface area contributed by atoms with Gasteiger partial charge in [-0.1, -0.05) is 36.0 Å². The summed E-state index contributed by atoms with van der Waals surface area (Å²) in [6.45, 7) is 2.77. The average molecular weight is 413 g/mol. The number of nitrogens with one attached hydrogen (secondary N) is 2. The van der Waals surface area contributed by atoms with Gasteiger partial charge in [0.2, 0.25) is 13.3 Å². The van der Waals surface area contributed by atoms with Crippen LogP contribution in [-0.2, 0) is 4.79 Å². The lowest BCUT2D eigenvalue weighted by Crippen LogP contribution is -2.47. The molecule has 1 unspecified atom stereocenters. The van der Waals surface area contributed by atoms with Gasteiger partial charge in [-0.15, -0.1) is 0 Å². The molecule has 8 heteroatoms. The number of hydrogen-bond acceptors (Lipinski definition) is 3. The van der Waals surface area contributed by atoms with E-state index in [2.05, 4.69) is 10.5 Å². The summed E-state index contributed by atoms with van der Waals surface area (Å²) in [6.07, 6.45) is 0.732. The number of benzene rings is 2. The van der Waals surface area contributed by atoms with E-state index < -0.39 is 0 Å². The van der Waals surface area contributed by atoms with Gasteiger partial charge in [-0.05, 0) is 60.6 Å². The van der Waals surface area contributed by atoms with Crippen molar-refractivity contribution in [2.45, 2.75) is 36.7 Å². The first kappa shape index (κ1) is 20.3. The number of carbonyl (C=O) groups is 1. The molecule has 0 spiro atoms.